The third-order valence-corrected chi connectivity index (χ3v) is 4.49. The molecule has 0 aromatic heterocycles. The second-order valence-corrected chi connectivity index (χ2v) is 6.57. The maximum absolute atomic E-state index is 2.67. The van der Waals surface area contributed by atoms with Gasteiger partial charge in [0.1, 0.15) is 0 Å². The predicted molar refractivity (Wildman–Crippen MR) is 99.4 cm³/mol. The first kappa shape index (κ1) is 19.2. The summed E-state index contributed by atoms with van der Waals surface area (Å²) >= 11 is 0. The number of nitrogens with zero attached hydrogens (tertiary/aromatic N) is 1. The van der Waals surface area contributed by atoms with Crippen molar-refractivity contribution in [2.75, 3.05) is 13.1 Å². The number of aryl methyl sites for hydroxylation is 1. The Balaban J connectivity index is 2.43. The van der Waals surface area contributed by atoms with Crippen molar-refractivity contribution < 1.29 is 0 Å². The van der Waals surface area contributed by atoms with E-state index in [0.717, 1.165) is 13.0 Å². The molecular formula is C21H37N. The Kier molecular flexibility index (Phi) is 11.1. The quantitative estimate of drug-likeness (QED) is 0.391. The molecule has 0 radical (unpaired) electrons. The Bertz CT molecular complexity index is 343. The van der Waals surface area contributed by atoms with Gasteiger partial charge in [0.15, 0.2) is 0 Å². The Morgan fingerprint density at radius 3 is 1.59 bits per heavy atom. The van der Waals surface area contributed by atoms with Crippen LogP contribution in [-0.4, -0.2) is 18.0 Å². The highest BCUT2D eigenvalue weighted by molar-refractivity contribution is 5.22. The van der Waals surface area contributed by atoms with Crippen molar-refractivity contribution in [3.05, 3.63) is 35.4 Å². The Morgan fingerprint density at radius 2 is 1.14 bits per heavy atom. The highest BCUT2D eigenvalue weighted by Gasteiger charge is 2.06. The van der Waals surface area contributed by atoms with Gasteiger partial charge in [-0.05, 0) is 43.5 Å². The fourth-order valence-corrected chi connectivity index (χ4v) is 2.93. The average Bonchev–Trinajstić information content (AvgIpc) is 2.56. The molecule has 0 heterocycles. The van der Waals surface area contributed by atoms with Crippen LogP contribution in [0.1, 0.15) is 83.3 Å². The zero-order valence-corrected chi connectivity index (χ0v) is 15.2. The topological polar surface area (TPSA) is 3.24 Å². The lowest BCUT2D eigenvalue weighted by Gasteiger charge is -2.22. The summed E-state index contributed by atoms with van der Waals surface area (Å²) in [6.07, 6.45) is 12.0. The van der Waals surface area contributed by atoms with Crippen molar-refractivity contribution >= 4 is 0 Å². The monoisotopic (exact) mass is 303 g/mol. The first-order valence-electron chi connectivity index (χ1n) is 9.60. The maximum Gasteiger partial charge on any atom is 0.0233 e. The minimum Gasteiger partial charge on any atom is -0.299 e. The van der Waals surface area contributed by atoms with E-state index >= 15 is 0 Å². The van der Waals surface area contributed by atoms with Crippen LogP contribution in [0.2, 0.25) is 0 Å². The second kappa shape index (κ2) is 12.7. The third kappa shape index (κ3) is 8.58. The summed E-state index contributed by atoms with van der Waals surface area (Å²) in [7, 11) is 0. The Labute approximate surface area is 139 Å². The molecule has 0 spiro atoms. The molecule has 0 amide bonds. The standard InChI is InChI=1S/C21H37N/c1-4-7-9-11-17-22(18-12-10-8-5-2)19-21-15-13-20(6-3)14-16-21/h13-16H,4-12,17-19H2,1-3H3. The van der Waals surface area contributed by atoms with Crippen LogP contribution in [-0.2, 0) is 13.0 Å². The molecule has 0 bridgehead atoms. The molecule has 0 fully saturated rings. The lowest BCUT2D eigenvalue weighted by molar-refractivity contribution is 0.252. The van der Waals surface area contributed by atoms with Crippen LogP contribution < -0.4 is 0 Å². The SMILES string of the molecule is CCCCCCN(CCCCCC)Cc1ccc(CC)cc1. The van der Waals surface area contributed by atoms with E-state index in [4.69, 9.17) is 0 Å². The van der Waals surface area contributed by atoms with Crippen molar-refractivity contribution in [1.82, 2.24) is 4.90 Å². The van der Waals surface area contributed by atoms with E-state index in [0.29, 0.717) is 0 Å². The summed E-state index contributed by atoms with van der Waals surface area (Å²) in [6.45, 7) is 10.5. The van der Waals surface area contributed by atoms with Gasteiger partial charge in [-0.3, -0.25) is 4.90 Å². The molecule has 1 aromatic carbocycles. The Morgan fingerprint density at radius 1 is 0.636 bits per heavy atom. The lowest BCUT2D eigenvalue weighted by Crippen LogP contribution is -2.25. The summed E-state index contributed by atoms with van der Waals surface area (Å²) in [5.41, 5.74) is 2.92. The highest BCUT2D eigenvalue weighted by Crippen LogP contribution is 2.11. The van der Waals surface area contributed by atoms with E-state index in [2.05, 4.69) is 49.9 Å². The van der Waals surface area contributed by atoms with Gasteiger partial charge in [-0.25, -0.2) is 0 Å². The molecule has 1 nitrogen and oxygen atoms in total. The van der Waals surface area contributed by atoms with Gasteiger partial charge < -0.3 is 0 Å². The molecule has 0 aliphatic rings. The molecule has 0 saturated heterocycles. The smallest absolute Gasteiger partial charge is 0.0233 e. The number of rotatable bonds is 13. The number of benzene rings is 1. The lowest BCUT2D eigenvalue weighted by atomic mass is 10.1. The molecule has 1 rings (SSSR count). The molecular weight excluding hydrogens is 266 g/mol. The molecule has 0 aliphatic heterocycles. The van der Waals surface area contributed by atoms with Gasteiger partial charge in [-0.15, -0.1) is 0 Å². The summed E-state index contributed by atoms with van der Waals surface area (Å²) in [5, 5.41) is 0. The summed E-state index contributed by atoms with van der Waals surface area (Å²) in [5.74, 6) is 0. The number of unbranched alkanes of at least 4 members (excludes halogenated alkanes) is 6. The van der Waals surface area contributed by atoms with Crippen LogP contribution in [0.5, 0.6) is 0 Å². The molecule has 0 saturated carbocycles. The largest absolute Gasteiger partial charge is 0.299 e. The van der Waals surface area contributed by atoms with Gasteiger partial charge in [-0.2, -0.15) is 0 Å². The minimum absolute atomic E-state index is 1.13. The molecule has 0 N–H and O–H groups in total. The predicted octanol–water partition coefficient (Wildman–Crippen LogP) is 6.21. The van der Waals surface area contributed by atoms with E-state index < -0.39 is 0 Å². The first-order valence-corrected chi connectivity index (χ1v) is 9.60. The van der Waals surface area contributed by atoms with Gasteiger partial charge in [0.05, 0.1) is 0 Å². The van der Waals surface area contributed by atoms with Crippen LogP contribution in [0.4, 0.5) is 0 Å². The number of hydrogen-bond donors (Lipinski definition) is 0. The van der Waals surface area contributed by atoms with E-state index in [-0.39, 0.29) is 0 Å². The molecule has 1 aromatic rings. The van der Waals surface area contributed by atoms with Crippen molar-refractivity contribution in [1.29, 1.82) is 0 Å². The van der Waals surface area contributed by atoms with E-state index in [1.165, 1.54) is 75.6 Å². The van der Waals surface area contributed by atoms with Gasteiger partial charge in [0.2, 0.25) is 0 Å². The normalized spacial score (nSPS) is 11.3. The second-order valence-electron chi connectivity index (χ2n) is 6.57. The van der Waals surface area contributed by atoms with Crippen molar-refractivity contribution in [3.63, 3.8) is 0 Å². The van der Waals surface area contributed by atoms with Gasteiger partial charge in [0.25, 0.3) is 0 Å². The van der Waals surface area contributed by atoms with Crippen LogP contribution in [0.25, 0.3) is 0 Å². The summed E-state index contributed by atoms with van der Waals surface area (Å²) in [6, 6.07) is 9.23. The fraction of sp³-hybridized carbons (Fsp3) is 0.714. The summed E-state index contributed by atoms with van der Waals surface area (Å²) < 4.78 is 0. The first-order chi connectivity index (χ1) is 10.8. The van der Waals surface area contributed by atoms with Crippen molar-refractivity contribution in [3.8, 4) is 0 Å². The maximum atomic E-state index is 2.67. The third-order valence-electron chi connectivity index (χ3n) is 4.49. The zero-order valence-electron chi connectivity index (χ0n) is 15.2. The van der Waals surface area contributed by atoms with Crippen LogP contribution in [0, 0.1) is 0 Å². The zero-order chi connectivity index (χ0) is 16.0. The number of hydrogen-bond acceptors (Lipinski definition) is 1. The summed E-state index contributed by atoms with van der Waals surface area (Å²) in [4.78, 5) is 2.67. The van der Waals surface area contributed by atoms with E-state index in [1.54, 1.807) is 0 Å². The van der Waals surface area contributed by atoms with Crippen LogP contribution >= 0.6 is 0 Å². The van der Waals surface area contributed by atoms with E-state index in [1.807, 2.05) is 0 Å². The van der Waals surface area contributed by atoms with Crippen molar-refractivity contribution in [2.24, 2.45) is 0 Å². The molecule has 0 atom stereocenters. The highest BCUT2D eigenvalue weighted by atomic mass is 15.1. The Hall–Kier alpha value is -0.820. The van der Waals surface area contributed by atoms with Gasteiger partial charge >= 0.3 is 0 Å². The molecule has 1 heteroatoms. The molecule has 22 heavy (non-hydrogen) atoms. The van der Waals surface area contributed by atoms with Crippen LogP contribution in [0.15, 0.2) is 24.3 Å². The van der Waals surface area contributed by atoms with Crippen LogP contribution in [0.3, 0.4) is 0 Å². The van der Waals surface area contributed by atoms with Gasteiger partial charge in [-0.1, -0.05) is 83.6 Å². The van der Waals surface area contributed by atoms with Crippen molar-refractivity contribution in [2.45, 2.75) is 85.1 Å². The average molecular weight is 304 g/mol. The molecule has 0 aliphatic carbocycles. The molecule has 126 valence electrons. The van der Waals surface area contributed by atoms with Gasteiger partial charge in [0, 0.05) is 6.54 Å². The van der Waals surface area contributed by atoms with E-state index in [9.17, 15) is 0 Å². The minimum atomic E-state index is 1.13. The molecule has 0 unspecified atom stereocenters. The fourth-order valence-electron chi connectivity index (χ4n) is 2.93.